The first-order valence-electron chi connectivity index (χ1n) is 7.72. The Bertz CT molecular complexity index is 1010. The summed E-state index contributed by atoms with van der Waals surface area (Å²) in [6, 6.07) is 12.4. The number of nitrogens with one attached hydrogen (secondary N) is 1. The molecule has 0 aliphatic rings. The molecule has 1 heterocycles. The number of halogens is 1. The van der Waals surface area contributed by atoms with E-state index < -0.39 is 0 Å². The van der Waals surface area contributed by atoms with Crippen molar-refractivity contribution >= 4 is 39.0 Å². The molecule has 3 aromatic rings. The molecule has 1 N–H and O–H groups in total. The standard InChI is InChI=1S/C19H15BrN2O3/c1-2-12-3-8-17-16(9-12)18(23)14(11-25-17)10-21-22-19(24)13-4-6-15(20)7-5-13/h3-11H,2H2,1H3,(H,22,24)/b21-10+. The molecule has 1 aromatic heterocycles. The van der Waals surface area contributed by atoms with Crippen molar-refractivity contribution in [1.82, 2.24) is 5.43 Å². The van der Waals surface area contributed by atoms with Crippen LogP contribution in [0.4, 0.5) is 0 Å². The molecule has 126 valence electrons. The van der Waals surface area contributed by atoms with Gasteiger partial charge in [-0.05, 0) is 48.4 Å². The zero-order chi connectivity index (χ0) is 17.8. The van der Waals surface area contributed by atoms with Gasteiger partial charge in [0.15, 0.2) is 0 Å². The fourth-order valence-corrected chi connectivity index (χ4v) is 2.59. The summed E-state index contributed by atoms with van der Waals surface area (Å²) in [4.78, 5) is 24.5. The molecule has 0 saturated heterocycles. The van der Waals surface area contributed by atoms with E-state index in [-0.39, 0.29) is 16.9 Å². The summed E-state index contributed by atoms with van der Waals surface area (Å²) in [5.41, 5.74) is 4.54. The van der Waals surface area contributed by atoms with Crippen LogP contribution in [0.25, 0.3) is 11.0 Å². The summed E-state index contributed by atoms with van der Waals surface area (Å²) in [6.07, 6.45) is 3.46. The molecular weight excluding hydrogens is 384 g/mol. The quantitative estimate of drug-likeness (QED) is 0.535. The van der Waals surface area contributed by atoms with E-state index in [4.69, 9.17) is 4.42 Å². The molecule has 0 atom stereocenters. The van der Waals surface area contributed by atoms with Gasteiger partial charge in [-0.2, -0.15) is 5.10 Å². The Kier molecular flexibility index (Phi) is 5.09. The van der Waals surface area contributed by atoms with Gasteiger partial charge in [0.2, 0.25) is 5.43 Å². The molecule has 1 amide bonds. The summed E-state index contributed by atoms with van der Waals surface area (Å²) in [5, 5.41) is 4.36. The molecule has 3 rings (SSSR count). The number of rotatable bonds is 4. The zero-order valence-corrected chi connectivity index (χ0v) is 15.0. The molecule has 0 unspecified atom stereocenters. The molecule has 2 aromatic carbocycles. The lowest BCUT2D eigenvalue weighted by Gasteiger charge is -2.02. The first-order valence-corrected chi connectivity index (χ1v) is 8.51. The molecular formula is C19H15BrN2O3. The van der Waals surface area contributed by atoms with Crippen molar-refractivity contribution in [1.29, 1.82) is 0 Å². The molecule has 5 nitrogen and oxygen atoms in total. The van der Waals surface area contributed by atoms with Gasteiger partial charge in [-0.1, -0.05) is 28.9 Å². The van der Waals surface area contributed by atoms with Gasteiger partial charge < -0.3 is 4.42 Å². The lowest BCUT2D eigenvalue weighted by atomic mass is 10.1. The number of amides is 1. The highest BCUT2D eigenvalue weighted by Gasteiger charge is 2.07. The largest absolute Gasteiger partial charge is 0.463 e. The lowest BCUT2D eigenvalue weighted by Crippen LogP contribution is -2.18. The van der Waals surface area contributed by atoms with Gasteiger partial charge in [0.1, 0.15) is 11.8 Å². The third kappa shape index (κ3) is 3.85. The summed E-state index contributed by atoms with van der Waals surface area (Å²) in [6.45, 7) is 2.02. The Balaban J connectivity index is 1.81. The molecule has 6 heteroatoms. The van der Waals surface area contributed by atoms with Crippen LogP contribution in [0, 0.1) is 0 Å². The van der Waals surface area contributed by atoms with E-state index in [1.54, 1.807) is 30.3 Å². The zero-order valence-electron chi connectivity index (χ0n) is 13.5. The van der Waals surface area contributed by atoms with Gasteiger partial charge in [0.25, 0.3) is 5.91 Å². The third-order valence-corrected chi connectivity index (χ3v) is 4.28. The number of hydrogen-bond donors (Lipinski definition) is 1. The van der Waals surface area contributed by atoms with Crippen LogP contribution in [0.1, 0.15) is 28.4 Å². The second-order valence-electron chi connectivity index (χ2n) is 5.41. The van der Waals surface area contributed by atoms with Gasteiger partial charge in [0, 0.05) is 10.0 Å². The topological polar surface area (TPSA) is 71.7 Å². The predicted molar refractivity (Wildman–Crippen MR) is 101 cm³/mol. The predicted octanol–water partition coefficient (Wildman–Crippen LogP) is 3.88. The van der Waals surface area contributed by atoms with Crippen molar-refractivity contribution < 1.29 is 9.21 Å². The van der Waals surface area contributed by atoms with Gasteiger partial charge in [-0.3, -0.25) is 9.59 Å². The molecule has 0 saturated carbocycles. The molecule has 0 radical (unpaired) electrons. The number of hydrazone groups is 1. The van der Waals surface area contributed by atoms with E-state index in [2.05, 4.69) is 26.5 Å². The Morgan fingerprint density at radius 1 is 1.24 bits per heavy atom. The normalized spacial score (nSPS) is 11.1. The maximum absolute atomic E-state index is 12.5. The van der Waals surface area contributed by atoms with Crippen LogP contribution in [0.3, 0.4) is 0 Å². The van der Waals surface area contributed by atoms with Crippen LogP contribution in [-0.2, 0) is 6.42 Å². The van der Waals surface area contributed by atoms with E-state index in [0.29, 0.717) is 16.5 Å². The van der Waals surface area contributed by atoms with Crippen LogP contribution in [0.2, 0.25) is 0 Å². The molecule has 0 aliphatic carbocycles. The minimum Gasteiger partial charge on any atom is -0.463 e. The third-order valence-electron chi connectivity index (χ3n) is 3.75. The first kappa shape index (κ1) is 17.1. The van der Waals surface area contributed by atoms with E-state index in [0.717, 1.165) is 16.5 Å². The maximum atomic E-state index is 12.5. The Labute approximate surface area is 152 Å². The molecule has 0 aliphatic heterocycles. The van der Waals surface area contributed by atoms with Crippen LogP contribution >= 0.6 is 15.9 Å². The number of benzene rings is 2. The van der Waals surface area contributed by atoms with Crippen molar-refractivity contribution in [3.63, 3.8) is 0 Å². The maximum Gasteiger partial charge on any atom is 0.271 e. The average Bonchev–Trinajstić information content (AvgIpc) is 2.64. The summed E-state index contributed by atoms with van der Waals surface area (Å²) in [5.74, 6) is -0.359. The molecule has 25 heavy (non-hydrogen) atoms. The van der Waals surface area contributed by atoms with Crippen molar-refractivity contribution in [2.24, 2.45) is 5.10 Å². The van der Waals surface area contributed by atoms with Gasteiger partial charge in [0.05, 0.1) is 17.2 Å². The monoisotopic (exact) mass is 398 g/mol. The number of hydrogen-bond acceptors (Lipinski definition) is 4. The lowest BCUT2D eigenvalue weighted by molar-refractivity contribution is 0.0955. The van der Waals surface area contributed by atoms with Crippen molar-refractivity contribution in [3.8, 4) is 0 Å². The molecule has 0 bridgehead atoms. The number of aryl methyl sites for hydroxylation is 1. The van der Waals surface area contributed by atoms with Gasteiger partial charge in [-0.25, -0.2) is 5.43 Å². The van der Waals surface area contributed by atoms with Crippen LogP contribution in [-0.4, -0.2) is 12.1 Å². The van der Waals surface area contributed by atoms with Crippen LogP contribution in [0.15, 0.2) is 67.5 Å². The van der Waals surface area contributed by atoms with E-state index in [9.17, 15) is 9.59 Å². The fourth-order valence-electron chi connectivity index (χ4n) is 2.33. The van der Waals surface area contributed by atoms with E-state index >= 15 is 0 Å². The number of carbonyl (C=O) groups excluding carboxylic acids is 1. The summed E-state index contributed by atoms with van der Waals surface area (Å²) < 4.78 is 6.35. The molecule has 0 spiro atoms. The van der Waals surface area contributed by atoms with Crippen molar-refractivity contribution in [2.75, 3.05) is 0 Å². The SMILES string of the molecule is CCc1ccc2occ(/C=N/NC(=O)c3ccc(Br)cc3)c(=O)c2c1. The van der Waals surface area contributed by atoms with Gasteiger partial charge >= 0.3 is 0 Å². The van der Waals surface area contributed by atoms with Crippen LogP contribution < -0.4 is 10.9 Å². The Morgan fingerprint density at radius 2 is 2.00 bits per heavy atom. The highest BCUT2D eigenvalue weighted by atomic mass is 79.9. The fraction of sp³-hybridized carbons (Fsp3) is 0.105. The second kappa shape index (κ2) is 7.44. The number of fused-ring (bicyclic) bond motifs is 1. The molecule has 0 fully saturated rings. The summed E-state index contributed by atoms with van der Waals surface area (Å²) in [7, 11) is 0. The highest BCUT2D eigenvalue weighted by molar-refractivity contribution is 9.10. The second-order valence-corrected chi connectivity index (χ2v) is 6.33. The van der Waals surface area contributed by atoms with Crippen molar-refractivity contribution in [3.05, 3.63) is 80.1 Å². The van der Waals surface area contributed by atoms with Crippen molar-refractivity contribution in [2.45, 2.75) is 13.3 Å². The highest BCUT2D eigenvalue weighted by Crippen LogP contribution is 2.14. The summed E-state index contributed by atoms with van der Waals surface area (Å²) >= 11 is 3.31. The van der Waals surface area contributed by atoms with Crippen LogP contribution in [0.5, 0.6) is 0 Å². The number of nitrogens with zero attached hydrogens (tertiary/aromatic N) is 1. The Morgan fingerprint density at radius 3 is 2.72 bits per heavy atom. The Hall–Kier alpha value is -2.73. The van der Waals surface area contributed by atoms with Gasteiger partial charge in [-0.15, -0.1) is 0 Å². The minimum absolute atomic E-state index is 0.182. The van der Waals surface area contributed by atoms with E-state index in [1.165, 1.54) is 12.5 Å². The smallest absolute Gasteiger partial charge is 0.271 e. The average molecular weight is 399 g/mol. The minimum atomic E-state index is -0.359. The number of carbonyl (C=O) groups is 1. The van der Waals surface area contributed by atoms with E-state index in [1.807, 2.05) is 19.1 Å². The first-order chi connectivity index (χ1) is 12.1.